The normalized spacial score (nSPS) is 19.9. The number of hydrogen-bond acceptors (Lipinski definition) is 4. The molecule has 1 aliphatic rings. The average Bonchev–Trinajstić information content (AvgIpc) is 2.39. The maximum Gasteiger partial charge on any atom is 0.0983 e. The Morgan fingerprint density at radius 3 is 3.06 bits per heavy atom. The number of methoxy groups -OCH3 is 1. The van der Waals surface area contributed by atoms with E-state index in [4.69, 9.17) is 9.47 Å². The van der Waals surface area contributed by atoms with E-state index in [1.807, 2.05) is 19.2 Å². The van der Waals surface area contributed by atoms with Crippen molar-refractivity contribution in [1.82, 2.24) is 4.98 Å². The van der Waals surface area contributed by atoms with E-state index in [9.17, 15) is 0 Å². The average molecular weight is 248 g/mol. The fraction of sp³-hybridized carbons (Fsp3) is 0.500. The van der Waals surface area contributed by atoms with E-state index in [1.54, 1.807) is 7.11 Å². The van der Waals surface area contributed by atoms with Gasteiger partial charge in [0.25, 0.3) is 0 Å². The number of rotatable bonds is 4. The summed E-state index contributed by atoms with van der Waals surface area (Å²) >= 11 is 0. The highest BCUT2D eigenvalue weighted by molar-refractivity contribution is 5.59. The Bertz CT molecular complexity index is 401. The number of morpholine rings is 1. The number of anilines is 1. The molecule has 0 radical (unpaired) electrons. The van der Waals surface area contributed by atoms with Crippen LogP contribution >= 0.6 is 0 Å². The summed E-state index contributed by atoms with van der Waals surface area (Å²) in [6.07, 6.45) is 2.05. The summed E-state index contributed by atoms with van der Waals surface area (Å²) in [5.41, 5.74) is 3.06. The molecule has 4 heteroatoms. The van der Waals surface area contributed by atoms with E-state index in [0.29, 0.717) is 6.61 Å². The molecule has 2 rings (SSSR count). The molecule has 0 saturated carbocycles. The number of allylic oxidation sites excluding steroid dienone is 1. The Morgan fingerprint density at radius 1 is 1.61 bits per heavy atom. The predicted molar refractivity (Wildman–Crippen MR) is 72.8 cm³/mol. The predicted octanol–water partition coefficient (Wildman–Crippen LogP) is 1.97. The minimum atomic E-state index is 0.143. The van der Waals surface area contributed by atoms with Gasteiger partial charge < -0.3 is 14.4 Å². The second-order valence-electron chi connectivity index (χ2n) is 4.58. The number of aromatic nitrogens is 1. The largest absolute Gasteiger partial charge is 0.382 e. The van der Waals surface area contributed by atoms with E-state index in [0.717, 1.165) is 36.7 Å². The first-order valence-electron chi connectivity index (χ1n) is 6.18. The van der Waals surface area contributed by atoms with Crippen molar-refractivity contribution in [3.05, 3.63) is 30.6 Å². The molecule has 4 nitrogen and oxygen atoms in total. The molecule has 98 valence electrons. The van der Waals surface area contributed by atoms with Crippen LogP contribution in [0.25, 0.3) is 5.57 Å². The summed E-state index contributed by atoms with van der Waals surface area (Å²) in [4.78, 5) is 6.69. The van der Waals surface area contributed by atoms with Crippen LogP contribution in [0.4, 0.5) is 5.69 Å². The molecule has 1 aliphatic heterocycles. The van der Waals surface area contributed by atoms with Gasteiger partial charge in [-0.15, -0.1) is 0 Å². The van der Waals surface area contributed by atoms with Crippen molar-refractivity contribution >= 4 is 11.3 Å². The van der Waals surface area contributed by atoms with Gasteiger partial charge in [0.1, 0.15) is 0 Å². The van der Waals surface area contributed by atoms with Gasteiger partial charge in [0.15, 0.2) is 0 Å². The fourth-order valence-corrected chi connectivity index (χ4v) is 2.07. The molecule has 1 atom stereocenters. The van der Waals surface area contributed by atoms with E-state index >= 15 is 0 Å². The maximum atomic E-state index is 5.63. The molecule has 1 aromatic heterocycles. The van der Waals surface area contributed by atoms with E-state index < -0.39 is 0 Å². The van der Waals surface area contributed by atoms with Gasteiger partial charge in [-0.2, -0.15) is 0 Å². The molecule has 1 fully saturated rings. The summed E-state index contributed by atoms with van der Waals surface area (Å²) in [7, 11) is 1.70. The molecule has 0 unspecified atom stereocenters. The minimum Gasteiger partial charge on any atom is -0.382 e. The standard InChI is InChI=1S/C14H20N2O2/c1-11(2)14-5-4-12(8-15-14)16-6-7-18-13(9-16)10-17-3/h4-5,8,13H,1,6-7,9-10H2,2-3H3/t13-/m1/s1. The summed E-state index contributed by atoms with van der Waals surface area (Å²) in [5.74, 6) is 0. The molecule has 0 amide bonds. The van der Waals surface area contributed by atoms with Gasteiger partial charge >= 0.3 is 0 Å². The van der Waals surface area contributed by atoms with Crippen LogP contribution in [0.3, 0.4) is 0 Å². The summed E-state index contributed by atoms with van der Waals surface area (Å²) in [6.45, 7) is 8.97. The molecule has 1 aromatic rings. The van der Waals surface area contributed by atoms with Crippen LogP contribution in [0.5, 0.6) is 0 Å². The number of pyridine rings is 1. The van der Waals surface area contributed by atoms with Crippen molar-refractivity contribution in [2.75, 3.05) is 38.3 Å². The van der Waals surface area contributed by atoms with Crippen molar-refractivity contribution in [2.24, 2.45) is 0 Å². The van der Waals surface area contributed by atoms with Crippen LogP contribution in [0.15, 0.2) is 24.9 Å². The summed E-state index contributed by atoms with van der Waals surface area (Å²) < 4.78 is 10.8. The van der Waals surface area contributed by atoms with Crippen molar-refractivity contribution in [2.45, 2.75) is 13.0 Å². The van der Waals surface area contributed by atoms with Crippen molar-refractivity contribution in [3.8, 4) is 0 Å². The van der Waals surface area contributed by atoms with Gasteiger partial charge in [-0.3, -0.25) is 4.98 Å². The zero-order chi connectivity index (χ0) is 13.0. The van der Waals surface area contributed by atoms with Gasteiger partial charge in [-0.25, -0.2) is 0 Å². The minimum absolute atomic E-state index is 0.143. The van der Waals surface area contributed by atoms with Gasteiger partial charge in [0.2, 0.25) is 0 Å². The Labute approximate surface area is 108 Å². The second kappa shape index (κ2) is 5.98. The molecule has 2 heterocycles. The lowest BCUT2D eigenvalue weighted by molar-refractivity contribution is -0.0100. The van der Waals surface area contributed by atoms with Gasteiger partial charge in [-0.1, -0.05) is 6.58 Å². The Morgan fingerprint density at radius 2 is 2.44 bits per heavy atom. The van der Waals surface area contributed by atoms with Gasteiger partial charge in [-0.05, 0) is 24.6 Å². The molecule has 1 saturated heterocycles. The van der Waals surface area contributed by atoms with Crippen LogP contribution in [0, 0.1) is 0 Å². The van der Waals surface area contributed by atoms with E-state index in [1.165, 1.54) is 0 Å². The molecule has 0 N–H and O–H groups in total. The monoisotopic (exact) mass is 248 g/mol. The SMILES string of the molecule is C=C(C)c1ccc(N2CCO[C@@H](COC)C2)cn1. The highest BCUT2D eigenvalue weighted by atomic mass is 16.5. The second-order valence-corrected chi connectivity index (χ2v) is 4.58. The third-order valence-electron chi connectivity index (χ3n) is 3.04. The lowest BCUT2D eigenvalue weighted by atomic mass is 10.2. The Kier molecular flexibility index (Phi) is 4.33. The highest BCUT2D eigenvalue weighted by Gasteiger charge is 2.20. The zero-order valence-corrected chi connectivity index (χ0v) is 11.1. The van der Waals surface area contributed by atoms with E-state index in [2.05, 4.69) is 22.5 Å². The molecular weight excluding hydrogens is 228 g/mol. The maximum absolute atomic E-state index is 5.63. The summed E-state index contributed by atoms with van der Waals surface area (Å²) in [6, 6.07) is 4.10. The molecule has 0 aliphatic carbocycles. The lowest BCUT2D eigenvalue weighted by Gasteiger charge is -2.34. The molecule has 18 heavy (non-hydrogen) atoms. The first-order chi connectivity index (χ1) is 8.70. The lowest BCUT2D eigenvalue weighted by Crippen LogP contribution is -2.44. The Balaban J connectivity index is 2.04. The zero-order valence-electron chi connectivity index (χ0n) is 11.1. The Hall–Kier alpha value is -1.39. The first-order valence-corrected chi connectivity index (χ1v) is 6.18. The van der Waals surface area contributed by atoms with Crippen LogP contribution < -0.4 is 4.90 Å². The molecule has 0 aromatic carbocycles. The number of ether oxygens (including phenoxy) is 2. The smallest absolute Gasteiger partial charge is 0.0983 e. The number of nitrogens with zero attached hydrogens (tertiary/aromatic N) is 2. The topological polar surface area (TPSA) is 34.6 Å². The third-order valence-corrected chi connectivity index (χ3v) is 3.04. The van der Waals surface area contributed by atoms with Crippen molar-refractivity contribution in [3.63, 3.8) is 0 Å². The van der Waals surface area contributed by atoms with E-state index in [-0.39, 0.29) is 6.10 Å². The van der Waals surface area contributed by atoms with Crippen molar-refractivity contribution in [1.29, 1.82) is 0 Å². The van der Waals surface area contributed by atoms with Crippen LogP contribution in [-0.4, -0.2) is 44.5 Å². The molecule has 0 spiro atoms. The van der Waals surface area contributed by atoms with Gasteiger partial charge in [0.05, 0.1) is 36.9 Å². The quantitative estimate of drug-likeness (QED) is 0.816. The van der Waals surface area contributed by atoms with Gasteiger partial charge in [0, 0.05) is 20.2 Å². The third kappa shape index (κ3) is 3.09. The fourth-order valence-electron chi connectivity index (χ4n) is 2.07. The highest BCUT2D eigenvalue weighted by Crippen LogP contribution is 2.19. The summed E-state index contributed by atoms with van der Waals surface area (Å²) in [5, 5.41) is 0. The number of hydrogen-bond donors (Lipinski definition) is 0. The first kappa shape index (κ1) is 13.1. The molecule has 0 bridgehead atoms. The van der Waals surface area contributed by atoms with Crippen LogP contribution in [0.1, 0.15) is 12.6 Å². The molecular formula is C14H20N2O2. The van der Waals surface area contributed by atoms with Crippen LogP contribution in [-0.2, 0) is 9.47 Å². The van der Waals surface area contributed by atoms with Crippen molar-refractivity contribution < 1.29 is 9.47 Å². The van der Waals surface area contributed by atoms with Crippen LogP contribution in [0.2, 0.25) is 0 Å².